The molecule has 2 aliphatic heterocycles. The molecule has 39 heavy (non-hydrogen) atoms. The highest BCUT2D eigenvalue weighted by Gasteiger charge is 2.31. The van der Waals surface area contributed by atoms with Crippen LogP contribution in [0.5, 0.6) is 0 Å². The molecule has 1 aliphatic carbocycles. The predicted molar refractivity (Wildman–Crippen MR) is 153 cm³/mol. The van der Waals surface area contributed by atoms with Crippen molar-refractivity contribution in [3.63, 3.8) is 0 Å². The van der Waals surface area contributed by atoms with Crippen molar-refractivity contribution >= 4 is 28.2 Å². The van der Waals surface area contributed by atoms with Gasteiger partial charge in [0.1, 0.15) is 5.82 Å². The average molecular weight is 541 g/mol. The van der Waals surface area contributed by atoms with Gasteiger partial charge in [-0.2, -0.15) is 5.10 Å². The zero-order valence-electron chi connectivity index (χ0n) is 22.1. The van der Waals surface area contributed by atoms with Gasteiger partial charge in [0.15, 0.2) is 5.13 Å². The number of aryl methyl sites for hydroxylation is 1. The van der Waals surface area contributed by atoms with Gasteiger partial charge in [-0.3, -0.25) is 9.78 Å². The van der Waals surface area contributed by atoms with Gasteiger partial charge in [-0.25, -0.2) is 14.6 Å². The number of likely N-dealkylation sites (tertiary alicyclic amines) is 1. The Balaban J connectivity index is 1.21. The third kappa shape index (κ3) is 4.61. The van der Waals surface area contributed by atoms with E-state index in [0.29, 0.717) is 5.13 Å². The molecule has 200 valence electrons. The summed E-state index contributed by atoms with van der Waals surface area (Å²) in [7, 11) is 0. The molecule has 0 aromatic carbocycles. The monoisotopic (exact) mass is 540 g/mol. The predicted octanol–water partition coefficient (Wildman–Crippen LogP) is 4.57. The normalized spacial score (nSPS) is 17.7. The van der Waals surface area contributed by atoms with Crippen LogP contribution in [0.2, 0.25) is 0 Å². The number of piperidine rings is 1. The summed E-state index contributed by atoms with van der Waals surface area (Å²) >= 11 is 1.51. The number of nitrogens with zero attached hydrogens (tertiary/aromatic N) is 7. The van der Waals surface area contributed by atoms with Crippen LogP contribution in [-0.2, 0) is 17.6 Å². The molecule has 1 N–H and O–H groups in total. The van der Waals surface area contributed by atoms with Crippen molar-refractivity contribution in [3.8, 4) is 27.5 Å². The Bertz CT molecular complexity index is 1480. The molecule has 9 nitrogen and oxygen atoms in total. The smallest absolute Gasteiger partial charge is 0.223 e. The molecule has 3 aliphatic rings. The number of pyridine rings is 2. The van der Waals surface area contributed by atoms with Crippen molar-refractivity contribution in [1.29, 1.82) is 0 Å². The first-order valence-electron chi connectivity index (χ1n) is 13.9. The molecule has 0 spiro atoms. The molecule has 10 heteroatoms. The van der Waals surface area contributed by atoms with Gasteiger partial charge < -0.3 is 15.1 Å². The molecular weight excluding hydrogens is 508 g/mol. The lowest BCUT2D eigenvalue weighted by atomic mass is 9.95. The largest absolute Gasteiger partial charge is 0.357 e. The Kier molecular flexibility index (Phi) is 6.36. The number of anilines is 2. The van der Waals surface area contributed by atoms with Crippen LogP contribution < -0.4 is 10.2 Å². The van der Waals surface area contributed by atoms with Gasteiger partial charge in [-0.15, -0.1) is 0 Å². The number of thiazole rings is 1. The third-order valence-electron chi connectivity index (χ3n) is 8.15. The van der Waals surface area contributed by atoms with Crippen molar-refractivity contribution in [2.24, 2.45) is 0 Å². The lowest BCUT2D eigenvalue weighted by Gasteiger charge is -2.37. The maximum atomic E-state index is 11.7. The van der Waals surface area contributed by atoms with Gasteiger partial charge in [-0.05, 0) is 75.9 Å². The number of aromatic nitrogens is 5. The number of amides is 1. The first-order valence-corrected chi connectivity index (χ1v) is 14.7. The molecule has 6 heterocycles. The summed E-state index contributed by atoms with van der Waals surface area (Å²) in [5.74, 6) is 0.911. The molecule has 0 atom stereocenters. The van der Waals surface area contributed by atoms with E-state index in [9.17, 15) is 4.79 Å². The molecule has 7 rings (SSSR count). The Morgan fingerprint density at radius 1 is 1.05 bits per heavy atom. The second-order valence-electron chi connectivity index (χ2n) is 10.6. The van der Waals surface area contributed by atoms with E-state index >= 15 is 0 Å². The van der Waals surface area contributed by atoms with E-state index in [1.54, 1.807) is 6.20 Å². The van der Waals surface area contributed by atoms with E-state index in [1.165, 1.54) is 62.6 Å². The van der Waals surface area contributed by atoms with Crippen molar-refractivity contribution in [2.75, 3.05) is 36.4 Å². The first kappa shape index (κ1) is 24.4. The van der Waals surface area contributed by atoms with Crippen LogP contribution in [0.15, 0.2) is 42.9 Å². The van der Waals surface area contributed by atoms with Gasteiger partial charge in [0.05, 0.1) is 33.8 Å². The highest BCUT2D eigenvalue weighted by atomic mass is 32.1. The second kappa shape index (κ2) is 10.2. The van der Waals surface area contributed by atoms with Crippen LogP contribution >= 0.6 is 11.3 Å². The number of nitrogens with one attached hydrogen (secondary N) is 1. The van der Waals surface area contributed by atoms with Crippen LogP contribution in [-0.4, -0.2) is 67.8 Å². The number of hydrogen-bond donors (Lipinski definition) is 1. The number of fused-ring (bicyclic) bond motifs is 3. The fourth-order valence-electron chi connectivity index (χ4n) is 6.25. The Hall–Kier alpha value is -3.63. The third-order valence-corrected chi connectivity index (χ3v) is 9.17. The molecule has 1 amide bonds. The van der Waals surface area contributed by atoms with Crippen LogP contribution in [0.25, 0.3) is 27.5 Å². The van der Waals surface area contributed by atoms with Crippen molar-refractivity contribution in [3.05, 3.63) is 54.1 Å². The molecule has 2 fully saturated rings. The molecule has 0 unspecified atom stereocenters. The Labute approximate surface area is 231 Å². The summed E-state index contributed by atoms with van der Waals surface area (Å²) in [6.45, 7) is 6.14. The maximum Gasteiger partial charge on any atom is 0.223 e. The summed E-state index contributed by atoms with van der Waals surface area (Å²) in [6, 6.07) is 8.97. The zero-order valence-corrected chi connectivity index (χ0v) is 23.0. The highest BCUT2D eigenvalue weighted by Crippen LogP contribution is 2.44. The lowest BCUT2D eigenvalue weighted by Crippen LogP contribution is -2.44. The Morgan fingerprint density at radius 3 is 2.62 bits per heavy atom. The van der Waals surface area contributed by atoms with Crippen molar-refractivity contribution in [2.45, 2.75) is 51.5 Å². The van der Waals surface area contributed by atoms with Crippen LogP contribution in [0.1, 0.15) is 43.9 Å². The number of hydrogen-bond acceptors (Lipinski definition) is 8. The summed E-state index contributed by atoms with van der Waals surface area (Å²) in [4.78, 5) is 31.8. The topological polar surface area (TPSA) is 92.1 Å². The summed E-state index contributed by atoms with van der Waals surface area (Å²) in [6.07, 6.45) is 12.3. The fraction of sp³-hybridized carbons (Fsp3) is 0.414. The van der Waals surface area contributed by atoms with Crippen LogP contribution in [0, 0.1) is 0 Å². The lowest BCUT2D eigenvalue weighted by molar-refractivity contribution is -0.114. The average Bonchev–Trinajstić information content (AvgIpc) is 3.72. The van der Waals surface area contributed by atoms with E-state index in [4.69, 9.17) is 15.1 Å². The van der Waals surface area contributed by atoms with E-state index in [0.717, 1.165) is 71.0 Å². The van der Waals surface area contributed by atoms with Crippen molar-refractivity contribution < 1.29 is 4.79 Å². The van der Waals surface area contributed by atoms with E-state index < -0.39 is 0 Å². The Morgan fingerprint density at radius 2 is 1.90 bits per heavy atom. The number of rotatable bonds is 5. The van der Waals surface area contributed by atoms with Gasteiger partial charge in [0.2, 0.25) is 5.91 Å². The van der Waals surface area contributed by atoms with E-state index in [-0.39, 0.29) is 5.91 Å². The molecule has 0 radical (unpaired) electrons. The van der Waals surface area contributed by atoms with Gasteiger partial charge in [0, 0.05) is 49.6 Å². The summed E-state index contributed by atoms with van der Waals surface area (Å²) in [5.41, 5.74) is 6.06. The first-order chi connectivity index (χ1) is 19.1. The van der Waals surface area contributed by atoms with Crippen LogP contribution in [0.3, 0.4) is 0 Å². The minimum absolute atomic E-state index is 0.116. The standard InChI is InChI=1S/C29H32N8OS/c1-19(38)32-29-33-24-8-7-23-26(20-5-4-12-30-17-20)34-37(27(23)28(24)39-29)22-6-9-25(31-18-22)36-15-10-21(11-16-36)35-13-2-3-14-35/h4-6,9,12,17-18,21H,2-3,7-8,10-11,13-16H2,1H3,(H,32,33,38). The van der Waals surface area contributed by atoms with Crippen molar-refractivity contribution in [1.82, 2.24) is 29.6 Å². The maximum absolute atomic E-state index is 11.7. The van der Waals surface area contributed by atoms with E-state index in [1.807, 2.05) is 23.1 Å². The van der Waals surface area contributed by atoms with Crippen LogP contribution in [0.4, 0.5) is 10.9 Å². The minimum atomic E-state index is -0.116. The molecular formula is C29H32N8OS. The highest BCUT2D eigenvalue weighted by molar-refractivity contribution is 7.19. The second-order valence-corrected chi connectivity index (χ2v) is 11.6. The quantitative estimate of drug-likeness (QED) is 0.396. The molecule has 0 saturated carbocycles. The summed E-state index contributed by atoms with van der Waals surface area (Å²) < 4.78 is 2.00. The SMILES string of the molecule is CC(=O)Nc1nc2c(s1)-c1c(c(-c3cccnc3)nn1-c1ccc(N3CCC(N4CCCC4)CC3)nc1)CC2. The number of carbonyl (C=O) groups is 1. The van der Waals surface area contributed by atoms with Gasteiger partial charge >= 0.3 is 0 Å². The molecule has 0 bridgehead atoms. The molecule has 4 aromatic rings. The summed E-state index contributed by atoms with van der Waals surface area (Å²) in [5, 5.41) is 8.60. The van der Waals surface area contributed by atoms with Gasteiger partial charge in [-0.1, -0.05) is 11.3 Å². The van der Waals surface area contributed by atoms with Gasteiger partial charge in [0.25, 0.3) is 0 Å². The zero-order chi connectivity index (χ0) is 26.3. The minimum Gasteiger partial charge on any atom is -0.357 e. The molecule has 2 saturated heterocycles. The van der Waals surface area contributed by atoms with E-state index in [2.05, 4.69) is 38.3 Å². The fourth-order valence-corrected chi connectivity index (χ4v) is 7.37. The molecule has 4 aromatic heterocycles. The number of carbonyl (C=O) groups excluding carboxylic acids is 1.